The molecule has 1 aliphatic heterocycles. The first-order chi connectivity index (χ1) is 15.4. The third-order valence-corrected chi connectivity index (χ3v) is 5.31. The second-order valence-corrected chi connectivity index (χ2v) is 8.36. The van der Waals surface area contributed by atoms with Gasteiger partial charge in [0, 0.05) is 38.2 Å². The van der Waals surface area contributed by atoms with Crippen LogP contribution in [0.5, 0.6) is 0 Å². The first-order valence-electron chi connectivity index (χ1n) is 11.0. The molecule has 0 spiro atoms. The number of carbonyl (C=O) groups is 3. The van der Waals surface area contributed by atoms with Gasteiger partial charge in [-0.25, -0.2) is 4.79 Å². The monoisotopic (exact) mass is 437 g/mol. The van der Waals surface area contributed by atoms with Crippen molar-refractivity contribution in [3.05, 3.63) is 71.8 Å². The normalized spacial score (nSPS) is 14.7. The van der Waals surface area contributed by atoms with Crippen LogP contribution in [0.2, 0.25) is 0 Å². The van der Waals surface area contributed by atoms with Crippen molar-refractivity contribution < 1.29 is 19.1 Å². The third-order valence-electron chi connectivity index (χ3n) is 5.31. The number of benzene rings is 2. The molecule has 0 saturated carbocycles. The molecule has 3 amide bonds. The second-order valence-electron chi connectivity index (χ2n) is 8.36. The summed E-state index contributed by atoms with van der Waals surface area (Å²) in [5.74, 6) is -0.155. The third kappa shape index (κ3) is 6.57. The van der Waals surface area contributed by atoms with E-state index >= 15 is 0 Å². The van der Waals surface area contributed by atoms with Gasteiger partial charge in [0.1, 0.15) is 6.04 Å². The first kappa shape index (κ1) is 23.3. The SMILES string of the molecule is CC(C)COC(=O)N1CCN(C(=O)C(Cc2ccccc2)NC(=O)c2ccccc2)CC1. The zero-order valence-corrected chi connectivity index (χ0v) is 18.7. The smallest absolute Gasteiger partial charge is 0.409 e. The zero-order valence-electron chi connectivity index (χ0n) is 18.7. The van der Waals surface area contributed by atoms with Crippen LogP contribution in [0, 0.1) is 5.92 Å². The highest BCUT2D eigenvalue weighted by atomic mass is 16.6. The number of nitrogens with one attached hydrogen (secondary N) is 1. The first-order valence-corrected chi connectivity index (χ1v) is 11.0. The van der Waals surface area contributed by atoms with E-state index in [1.807, 2.05) is 50.2 Å². The van der Waals surface area contributed by atoms with Crippen molar-refractivity contribution in [2.75, 3.05) is 32.8 Å². The number of rotatable bonds is 7. The van der Waals surface area contributed by atoms with E-state index in [2.05, 4.69) is 5.32 Å². The van der Waals surface area contributed by atoms with Crippen LogP contribution in [0.15, 0.2) is 60.7 Å². The largest absolute Gasteiger partial charge is 0.449 e. The molecular weight excluding hydrogens is 406 g/mol. The average Bonchev–Trinajstić information content (AvgIpc) is 2.83. The Morgan fingerprint density at radius 1 is 0.875 bits per heavy atom. The van der Waals surface area contributed by atoms with E-state index in [0.717, 1.165) is 5.56 Å². The highest BCUT2D eigenvalue weighted by molar-refractivity contribution is 5.97. The second kappa shape index (κ2) is 11.3. The lowest BCUT2D eigenvalue weighted by atomic mass is 10.0. The Morgan fingerprint density at radius 3 is 2.03 bits per heavy atom. The predicted molar refractivity (Wildman–Crippen MR) is 122 cm³/mol. The van der Waals surface area contributed by atoms with Crippen molar-refractivity contribution in [3.63, 3.8) is 0 Å². The molecule has 0 radical (unpaired) electrons. The van der Waals surface area contributed by atoms with E-state index in [0.29, 0.717) is 44.8 Å². The topological polar surface area (TPSA) is 79.0 Å². The summed E-state index contributed by atoms with van der Waals surface area (Å²) in [7, 11) is 0. The maximum atomic E-state index is 13.3. The lowest BCUT2D eigenvalue weighted by molar-refractivity contribution is -0.134. The quantitative estimate of drug-likeness (QED) is 0.722. The molecular formula is C25H31N3O4. The molecule has 1 aliphatic rings. The van der Waals surface area contributed by atoms with Gasteiger partial charge in [-0.3, -0.25) is 9.59 Å². The standard InChI is InChI=1S/C25H31N3O4/c1-19(2)18-32-25(31)28-15-13-27(14-16-28)24(30)22(17-20-9-5-3-6-10-20)26-23(29)21-11-7-4-8-12-21/h3-12,19,22H,13-18H2,1-2H3,(H,26,29). The van der Waals surface area contributed by atoms with Gasteiger partial charge in [0.2, 0.25) is 5.91 Å². The van der Waals surface area contributed by atoms with E-state index in [1.165, 1.54) is 0 Å². The van der Waals surface area contributed by atoms with Crippen LogP contribution in [0.25, 0.3) is 0 Å². The van der Waals surface area contributed by atoms with E-state index in [-0.39, 0.29) is 23.8 Å². The number of nitrogens with zero attached hydrogens (tertiary/aromatic N) is 2. The Kier molecular flexibility index (Phi) is 8.25. The van der Waals surface area contributed by atoms with E-state index < -0.39 is 6.04 Å². The molecule has 1 N–H and O–H groups in total. The summed E-state index contributed by atoms with van der Waals surface area (Å²) >= 11 is 0. The molecule has 1 heterocycles. The Bertz CT molecular complexity index is 894. The van der Waals surface area contributed by atoms with Crippen LogP contribution in [0.1, 0.15) is 29.8 Å². The average molecular weight is 438 g/mol. The molecule has 7 nitrogen and oxygen atoms in total. The van der Waals surface area contributed by atoms with Crippen LogP contribution in [0.4, 0.5) is 4.79 Å². The fourth-order valence-electron chi connectivity index (χ4n) is 3.54. The number of piperazine rings is 1. The van der Waals surface area contributed by atoms with Gasteiger partial charge < -0.3 is 19.9 Å². The van der Waals surface area contributed by atoms with Gasteiger partial charge in [-0.05, 0) is 23.6 Å². The van der Waals surface area contributed by atoms with Gasteiger partial charge in [-0.1, -0.05) is 62.4 Å². The van der Waals surface area contributed by atoms with Crippen LogP contribution in [-0.4, -0.2) is 66.5 Å². The molecule has 170 valence electrons. The molecule has 0 aliphatic carbocycles. The summed E-state index contributed by atoms with van der Waals surface area (Å²) < 4.78 is 5.29. The molecule has 0 bridgehead atoms. The van der Waals surface area contributed by atoms with Crippen LogP contribution in [-0.2, 0) is 16.0 Å². The lowest BCUT2D eigenvalue weighted by Crippen LogP contribution is -2.56. The van der Waals surface area contributed by atoms with E-state index in [9.17, 15) is 14.4 Å². The van der Waals surface area contributed by atoms with Gasteiger partial charge in [-0.15, -0.1) is 0 Å². The zero-order chi connectivity index (χ0) is 22.9. The molecule has 3 rings (SSSR count). The van der Waals surface area contributed by atoms with Crippen molar-refractivity contribution in [1.82, 2.24) is 15.1 Å². The minimum absolute atomic E-state index is 0.145. The molecule has 1 fully saturated rings. The predicted octanol–water partition coefficient (Wildman–Crippen LogP) is 2.96. The van der Waals surface area contributed by atoms with E-state index in [4.69, 9.17) is 4.74 Å². The van der Waals surface area contributed by atoms with Gasteiger partial charge in [0.25, 0.3) is 5.91 Å². The molecule has 1 saturated heterocycles. The summed E-state index contributed by atoms with van der Waals surface area (Å²) in [4.78, 5) is 41.6. The molecule has 7 heteroatoms. The maximum Gasteiger partial charge on any atom is 0.409 e. The molecule has 0 aromatic heterocycles. The van der Waals surface area contributed by atoms with Crippen molar-refractivity contribution in [2.24, 2.45) is 5.92 Å². The van der Waals surface area contributed by atoms with Gasteiger partial charge in [0.05, 0.1) is 6.61 Å². The van der Waals surface area contributed by atoms with E-state index in [1.54, 1.807) is 34.1 Å². The maximum absolute atomic E-state index is 13.3. The molecule has 1 unspecified atom stereocenters. The highest BCUT2D eigenvalue weighted by Gasteiger charge is 2.30. The van der Waals surface area contributed by atoms with Gasteiger partial charge in [0.15, 0.2) is 0 Å². The molecule has 1 atom stereocenters. The fraction of sp³-hybridized carbons (Fsp3) is 0.400. The van der Waals surface area contributed by atoms with Crippen LogP contribution < -0.4 is 5.32 Å². The summed E-state index contributed by atoms with van der Waals surface area (Å²) in [5.41, 5.74) is 1.48. The number of carbonyl (C=O) groups excluding carboxylic acids is 3. The van der Waals surface area contributed by atoms with Crippen molar-refractivity contribution >= 4 is 17.9 Å². The summed E-state index contributed by atoms with van der Waals surface area (Å²) in [6.45, 7) is 5.98. The number of hydrogen-bond acceptors (Lipinski definition) is 4. The summed E-state index contributed by atoms with van der Waals surface area (Å²) in [5, 5.41) is 2.91. The van der Waals surface area contributed by atoms with Crippen molar-refractivity contribution in [2.45, 2.75) is 26.3 Å². The summed E-state index contributed by atoms with van der Waals surface area (Å²) in [6, 6.07) is 17.8. The van der Waals surface area contributed by atoms with Crippen molar-refractivity contribution in [3.8, 4) is 0 Å². The minimum atomic E-state index is -0.690. The molecule has 2 aromatic carbocycles. The van der Waals surface area contributed by atoms with Crippen LogP contribution in [0.3, 0.4) is 0 Å². The number of ether oxygens (including phenoxy) is 1. The minimum Gasteiger partial charge on any atom is -0.449 e. The molecule has 32 heavy (non-hydrogen) atoms. The molecule has 2 aromatic rings. The Hall–Kier alpha value is -3.35. The Morgan fingerprint density at radius 2 is 1.44 bits per heavy atom. The van der Waals surface area contributed by atoms with Crippen LogP contribution >= 0.6 is 0 Å². The fourth-order valence-corrected chi connectivity index (χ4v) is 3.54. The lowest BCUT2D eigenvalue weighted by Gasteiger charge is -2.36. The number of hydrogen-bond donors (Lipinski definition) is 1. The van der Waals surface area contributed by atoms with Crippen molar-refractivity contribution in [1.29, 1.82) is 0 Å². The number of amides is 3. The summed E-state index contributed by atoms with van der Waals surface area (Å²) in [6.07, 6.45) is 0.0542. The van der Waals surface area contributed by atoms with Gasteiger partial charge in [-0.2, -0.15) is 0 Å². The highest BCUT2D eigenvalue weighted by Crippen LogP contribution is 2.11. The van der Waals surface area contributed by atoms with Gasteiger partial charge >= 0.3 is 6.09 Å². The Labute approximate surface area is 189 Å². The Balaban J connectivity index is 1.64.